The molecule has 0 saturated carbocycles. The molecular formula is C20H29N. The molecule has 0 bridgehead atoms. The van der Waals surface area contributed by atoms with Gasteiger partial charge in [0, 0.05) is 6.04 Å². The van der Waals surface area contributed by atoms with Gasteiger partial charge in [-0.05, 0) is 51.0 Å². The fraction of sp³-hybridized carbons (Fsp3) is 0.400. The van der Waals surface area contributed by atoms with Crippen LogP contribution in [0, 0.1) is 0 Å². The highest BCUT2D eigenvalue weighted by Gasteiger charge is 2.03. The van der Waals surface area contributed by atoms with E-state index in [9.17, 15) is 0 Å². The van der Waals surface area contributed by atoms with Crippen LogP contribution in [0.15, 0.2) is 66.8 Å². The van der Waals surface area contributed by atoms with Gasteiger partial charge in [0.25, 0.3) is 0 Å². The lowest BCUT2D eigenvalue weighted by Gasteiger charge is -2.11. The van der Waals surface area contributed by atoms with Gasteiger partial charge >= 0.3 is 0 Å². The summed E-state index contributed by atoms with van der Waals surface area (Å²) in [5.41, 5.74) is 8.99. The van der Waals surface area contributed by atoms with Crippen LogP contribution in [0.1, 0.15) is 44.6 Å². The Labute approximate surface area is 130 Å². The highest BCUT2D eigenvalue weighted by Crippen LogP contribution is 2.13. The molecule has 1 aromatic carbocycles. The molecule has 0 saturated heterocycles. The third-order valence-electron chi connectivity index (χ3n) is 3.74. The predicted molar refractivity (Wildman–Crippen MR) is 94.3 cm³/mol. The van der Waals surface area contributed by atoms with Crippen LogP contribution in [0.25, 0.3) is 0 Å². The maximum atomic E-state index is 6.21. The van der Waals surface area contributed by atoms with Crippen molar-refractivity contribution in [1.82, 2.24) is 0 Å². The molecule has 0 aliphatic heterocycles. The summed E-state index contributed by atoms with van der Waals surface area (Å²) in [6.07, 6.45) is 14.9. The molecule has 21 heavy (non-hydrogen) atoms. The summed E-state index contributed by atoms with van der Waals surface area (Å²) in [5, 5.41) is 0. The summed E-state index contributed by atoms with van der Waals surface area (Å²) < 4.78 is 0. The van der Waals surface area contributed by atoms with E-state index in [0.717, 1.165) is 32.1 Å². The molecule has 0 fully saturated rings. The van der Waals surface area contributed by atoms with Crippen molar-refractivity contribution < 1.29 is 0 Å². The monoisotopic (exact) mass is 283 g/mol. The third kappa shape index (κ3) is 8.31. The summed E-state index contributed by atoms with van der Waals surface area (Å²) in [5.74, 6) is 0. The first kappa shape index (κ1) is 17.5. The lowest BCUT2D eigenvalue weighted by molar-refractivity contribution is 0.527. The second-order valence-corrected chi connectivity index (χ2v) is 5.49. The first-order valence-electron chi connectivity index (χ1n) is 8.00. The van der Waals surface area contributed by atoms with Crippen LogP contribution in [0.5, 0.6) is 0 Å². The van der Waals surface area contributed by atoms with Gasteiger partial charge in [0.05, 0.1) is 0 Å². The maximum absolute atomic E-state index is 6.21. The summed E-state index contributed by atoms with van der Waals surface area (Å²) in [7, 11) is 0. The quantitative estimate of drug-likeness (QED) is 0.587. The van der Waals surface area contributed by atoms with E-state index >= 15 is 0 Å². The normalized spacial score (nSPS) is 13.5. The van der Waals surface area contributed by atoms with Gasteiger partial charge in [-0.3, -0.25) is 0 Å². The third-order valence-corrected chi connectivity index (χ3v) is 3.74. The molecule has 1 aromatic rings. The van der Waals surface area contributed by atoms with Crippen molar-refractivity contribution in [2.24, 2.45) is 5.73 Å². The van der Waals surface area contributed by atoms with Gasteiger partial charge in [0.1, 0.15) is 0 Å². The molecule has 0 aromatic heterocycles. The molecule has 1 atom stereocenters. The van der Waals surface area contributed by atoms with Crippen molar-refractivity contribution in [3.05, 3.63) is 72.4 Å². The van der Waals surface area contributed by atoms with Crippen molar-refractivity contribution >= 4 is 0 Å². The van der Waals surface area contributed by atoms with Gasteiger partial charge in [-0.15, -0.1) is 0 Å². The van der Waals surface area contributed by atoms with E-state index in [0.29, 0.717) is 6.04 Å². The van der Waals surface area contributed by atoms with E-state index < -0.39 is 0 Å². The smallest absolute Gasteiger partial charge is 0.00390 e. The van der Waals surface area contributed by atoms with Crippen LogP contribution < -0.4 is 5.73 Å². The second kappa shape index (κ2) is 11.1. The summed E-state index contributed by atoms with van der Waals surface area (Å²) >= 11 is 0. The fourth-order valence-corrected chi connectivity index (χ4v) is 2.44. The molecule has 0 amide bonds. The topological polar surface area (TPSA) is 26.0 Å². The minimum atomic E-state index is 0.329. The Kier molecular flexibility index (Phi) is 9.23. The van der Waals surface area contributed by atoms with E-state index in [4.69, 9.17) is 5.73 Å². The van der Waals surface area contributed by atoms with Crippen molar-refractivity contribution in [2.45, 2.75) is 51.5 Å². The lowest BCUT2D eigenvalue weighted by atomic mass is 9.99. The van der Waals surface area contributed by atoms with Crippen molar-refractivity contribution in [1.29, 1.82) is 0 Å². The highest BCUT2D eigenvalue weighted by atomic mass is 14.6. The minimum Gasteiger partial charge on any atom is -0.328 e. The zero-order valence-corrected chi connectivity index (χ0v) is 13.3. The van der Waals surface area contributed by atoms with Gasteiger partial charge < -0.3 is 5.73 Å². The largest absolute Gasteiger partial charge is 0.328 e. The van der Waals surface area contributed by atoms with Crippen molar-refractivity contribution in [3.63, 3.8) is 0 Å². The molecule has 1 rings (SSSR count). The lowest BCUT2D eigenvalue weighted by Crippen LogP contribution is -2.19. The van der Waals surface area contributed by atoms with Gasteiger partial charge in [-0.25, -0.2) is 0 Å². The van der Waals surface area contributed by atoms with Crippen LogP contribution in [0.4, 0.5) is 0 Å². The summed E-state index contributed by atoms with van der Waals surface area (Å²) in [4.78, 5) is 0. The van der Waals surface area contributed by atoms with E-state index in [1.165, 1.54) is 17.6 Å². The molecule has 0 heterocycles. The molecule has 0 radical (unpaired) electrons. The number of benzene rings is 1. The van der Waals surface area contributed by atoms with Gasteiger partial charge in [0.15, 0.2) is 0 Å². The van der Waals surface area contributed by atoms with Crippen LogP contribution in [-0.2, 0) is 6.42 Å². The van der Waals surface area contributed by atoms with Crippen LogP contribution >= 0.6 is 0 Å². The molecule has 114 valence electrons. The van der Waals surface area contributed by atoms with Crippen LogP contribution in [0.3, 0.4) is 0 Å². The Morgan fingerprint density at radius 1 is 1.19 bits per heavy atom. The molecule has 0 aliphatic carbocycles. The molecule has 1 nitrogen and oxygen atoms in total. The molecule has 1 heteroatoms. The average Bonchev–Trinajstić information content (AvgIpc) is 2.51. The average molecular weight is 283 g/mol. The predicted octanol–water partition coefficient (Wildman–Crippen LogP) is 5.20. The number of aryl methyl sites for hydroxylation is 1. The van der Waals surface area contributed by atoms with Gasteiger partial charge in [-0.2, -0.15) is 0 Å². The highest BCUT2D eigenvalue weighted by molar-refractivity contribution is 5.20. The fourth-order valence-electron chi connectivity index (χ4n) is 2.44. The number of allylic oxidation sites excluding steroid dienone is 5. The second-order valence-electron chi connectivity index (χ2n) is 5.49. The van der Waals surface area contributed by atoms with E-state index in [2.05, 4.69) is 56.0 Å². The standard InChI is InChI=1S/C20H29N/c1-3-5-11-18(4-2)14-9-16-20(21)17-10-15-19-12-7-6-8-13-19/h3-8,11-13,20H,1,9-10,14-17,21H2,2H3/b11-5-,18-4+. The SMILES string of the molecule is C=C/C=C\C(=C/C)CCCC(N)CCCc1ccccc1. The zero-order valence-electron chi connectivity index (χ0n) is 13.3. The number of rotatable bonds is 10. The molecule has 1 unspecified atom stereocenters. The summed E-state index contributed by atoms with van der Waals surface area (Å²) in [6, 6.07) is 11.0. The van der Waals surface area contributed by atoms with E-state index in [1.54, 1.807) is 0 Å². The van der Waals surface area contributed by atoms with Crippen molar-refractivity contribution in [2.75, 3.05) is 0 Å². The number of hydrogen-bond acceptors (Lipinski definition) is 1. The van der Waals surface area contributed by atoms with E-state index in [1.807, 2.05) is 12.2 Å². The number of nitrogens with two attached hydrogens (primary N) is 1. The van der Waals surface area contributed by atoms with Gasteiger partial charge in [-0.1, -0.05) is 66.8 Å². The molecule has 2 N–H and O–H groups in total. The zero-order chi connectivity index (χ0) is 15.3. The summed E-state index contributed by atoms with van der Waals surface area (Å²) in [6.45, 7) is 5.79. The minimum absolute atomic E-state index is 0.329. The van der Waals surface area contributed by atoms with E-state index in [-0.39, 0.29) is 0 Å². The van der Waals surface area contributed by atoms with Gasteiger partial charge in [0.2, 0.25) is 0 Å². The van der Waals surface area contributed by atoms with Crippen LogP contribution in [-0.4, -0.2) is 6.04 Å². The first-order valence-corrected chi connectivity index (χ1v) is 8.00. The Bertz CT molecular complexity index is 442. The maximum Gasteiger partial charge on any atom is 0.00390 e. The molecule has 0 aliphatic rings. The molecule has 0 spiro atoms. The molecular weight excluding hydrogens is 254 g/mol. The van der Waals surface area contributed by atoms with Crippen molar-refractivity contribution in [3.8, 4) is 0 Å². The first-order chi connectivity index (χ1) is 10.3. The Morgan fingerprint density at radius 3 is 2.57 bits per heavy atom. The Hall–Kier alpha value is -1.60. The Balaban J connectivity index is 2.15. The number of hydrogen-bond donors (Lipinski definition) is 1. The Morgan fingerprint density at radius 2 is 1.90 bits per heavy atom. The van der Waals surface area contributed by atoms with Crippen LogP contribution in [0.2, 0.25) is 0 Å².